The van der Waals surface area contributed by atoms with Gasteiger partial charge >= 0.3 is 12.1 Å². The van der Waals surface area contributed by atoms with Crippen LogP contribution in [0.5, 0.6) is 0 Å². The molecule has 0 heterocycles. The summed E-state index contributed by atoms with van der Waals surface area (Å²) in [6.45, 7) is 6.32. The van der Waals surface area contributed by atoms with E-state index in [0.29, 0.717) is 19.5 Å². The van der Waals surface area contributed by atoms with Crippen LogP contribution in [0, 0.1) is 0 Å². The minimum atomic E-state index is -0.345. The van der Waals surface area contributed by atoms with Gasteiger partial charge in [-0.3, -0.25) is 0 Å². The van der Waals surface area contributed by atoms with Crippen LogP contribution in [-0.4, -0.2) is 25.2 Å². The Balaban J connectivity index is 3.44. The largest absolute Gasteiger partial charge is 0.338 e. The zero-order valence-electron chi connectivity index (χ0n) is 9.38. The summed E-state index contributed by atoms with van der Waals surface area (Å²) in [4.78, 5) is 21.8. The molecule has 0 rings (SSSR count). The summed E-state index contributed by atoms with van der Waals surface area (Å²) in [5.74, 6) is 0. The second-order valence-electron chi connectivity index (χ2n) is 2.80. The van der Waals surface area contributed by atoms with E-state index in [2.05, 4.69) is 27.8 Å². The topological polar surface area (TPSA) is 82.3 Å². The molecule has 16 heavy (non-hydrogen) atoms. The third-order valence-corrected chi connectivity index (χ3v) is 1.50. The molecule has 4 amide bonds. The molecule has 0 radical (unpaired) electrons. The first kappa shape index (κ1) is 14.0. The van der Waals surface area contributed by atoms with Crippen molar-refractivity contribution in [2.24, 2.45) is 0 Å². The van der Waals surface area contributed by atoms with Gasteiger partial charge in [0.2, 0.25) is 0 Å². The maximum atomic E-state index is 10.9. The average Bonchev–Trinajstić information content (AvgIpc) is 2.24. The Morgan fingerprint density at radius 3 is 2.56 bits per heavy atom. The first-order valence-corrected chi connectivity index (χ1v) is 5.05. The second-order valence-corrected chi connectivity index (χ2v) is 2.80. The minimum absolute atomic E-state index is 0.187. The van der Waals surface area contributed by atoms with Crippen molar-refractivity contribution in [3.63, 3.8) is 0 Å². The highest BCUT2D eigenvalue weighted by Crippen LogP contribution is 1.79. The Labute approximate surface area is 95.2 Å². The average molecular weight is 226 g/mol. The standard InChI is InChI=1S/C10H18N4O2/c1-3-11-9(15)13-7-5-6-8-14-10(16)12-4-2/h3,5,7H,1,4,6,8H2,2H3,(H2,11,13,15)(H2,12,14,16)/b7-5+. The van der Waals surface area contributed by atoms with Crippen LogP contribution in [0.2, 0.25) is 0 Å². The van der Waals surface area contributed by atoms with Crippen molar-refractivity contribution < 1.29 is 9.59 Å². The van der Waals surface area contributed by atoms with E-state index in [1.54, 1.807) is 6.08 Å². The summed E-state index contributed by atoms with van der Waals surface area (Å²) in [7, 11) is 0. The monoisotopic (exact) mass is 226 g/mol. The quantitative estimate of drug-likeness (QED) is 0.502. The molecule has 0 unspecified atom stereocenters. The van der Waals surface area contributed by atoms with Crippen LogP contribution in [0.15, 0.2) is 25.1 Å². The van der Waals surface area contributed by atoms with E-state index in [0.717, 1.165) is 0 Å². The van der Waals surface area contributed by atoms with Crippen molar-refractivity contribution in [3.05, 3.63) is 25.1 Å². The number of carbonyl (C=O) groups is 2. The van der Waals surface area contributed by atoms with Gasteiger partial charge in [-0.15, -0.1) is 0 Å². The predicted molar refractivity (Wildman–Crippen MR) is 62.7 cm³/mol. The molecule has 0 aromatic rings. The second kappa shape index (κ2) is 9.57. The number of hydrogen-bond acceptors (Lipinski definition) is 2. The Bertz CT molecular complexity index is 264. The molecule has 6 nitrogen and oxygen atoms in total. The molecule has 0 aromatic carbocycles. The molecule has 0 saturated heterocycles. The number of nitrogens with one attached hydrogen (secondary N) is 4. The number of hydrogen-bond donors (Lipinski definition) is 4. The fraction of sp³-hybridized carbons (Fsp3) is 0.400. The van der Waals surface area contributed by atoms with Gasteiger partial charge in [0.05, 0.1) is 0 Å². The highest BCUT2D eigenvalue weighted by Gasteiger charge is 1.94. The third kappa shape index (κ3) is 8.61. The van der Waals surface area contributed by atoms with Crippen molar-refractivity contribution in [2.75, 3.05) is 13.1 Å². The summed E-state index contributed by atoms with van der Waals surface area (Å²) in [5.41, 5.74) is 0. The Hall–Kier alpha value is -1.98. The highest BCUT2D eigenvalue weighted by atomic mass is 16.2. The molecule has 0 aliphatic rings. The molecule has 0 aromatic heterocycles. The zero-order chi connectivity index (χ0) is 12.2. The van der Waals surface area contributed by atoms with Crippen molar-refractivity contribution in [1.82, 2.24) is 21.3 Å². The minimum Gasteiger partial charge on any atom is -0.338 e. The van der Waals surface area contributed by atoms with E-state index in [-0.39, 0.29) is 12.1 Å². The van der Waals surface area contributed by atoms with E-state index in [4.69, 9.17) is 0 Å². The molecular formula is C10H18N4O2. The molecule has 4 N–H and O–H groups in total. The SMILES string of the molecule is C=CNC(=O)N/C=C/CCNC(=O)NCC. The Kier molecular flexibility index (Phi) is 8.39. The highest BCUT2D eigenvalue weighted by molar-refractivity contribution is 5.75. The van der Waals surface area contributed by atoms with E-state index in [1.807, 2.05) is 6.92 Å². The molecule has 0 atom stereocenters. The lowest BCUT2D eigenvalue weighted by molar-refractivity contribution is 0.241. The van der Waals surface area contributed by atoms with Gasteiger partial charge in [0.1, 0.15) is 0 Å². The fourth-order valence-corrected chi connectivity index (χ4v) is 0.844. The molecule has 0 aliphatic carbocycles. The van der Waals surface area contributed by atoms with Crippen LogP contribution in [0.1, 0.15) is 13.3 Å². The lowest BCUT2D eigenvalue weighted by atomic mass is 10.4. The summed E-state index contributed by atoms with van der Waals surface area (Å²) >= 11 is 0. The van der Waals surface area contributed by atoms with Crippen LogP contribution in [-0.2, 0) is 0 Å². The summed E-state index contributed by atoms with van der Waals surface area (Å²) in [6.07, 6.45) is 5.19. The predicted octanol–water partition coefficient (Wildman–Crippen LogP) is 0.652. The van der Waals surface area contributed by atoms with E-state index in [1.165, 1.54) is 12.4 Å². The Morgan fingerprint density at radius 1 is 1.19 bits per heavy atom. The molecular weight excluding hydrogens is 208 g/mol. The van der Waals surface area contributed by atoms with Gasteiger partial charge in [0.15, 0.2) is 0 Å². The molecule has 0 fully saturated rings. The van der Waals surface area contributed by atoms with Crippen molar-refractivity contribution in [1.29, 1.82) is 0 Å². The van der Waals surface area contributed by atoms with Gasteiger partial charge in [-0.25, -0.2) is 9.59 Å². The van der Waals surface area contributed by atoms with Gasteiger partial charge in [-0.2, -0.15) is 0 Å². The molecule has 6 heteroatoms. The molecule has 0 saturated carbocycles. The number of urea groups is 2. The van der Waals surface area contributed by atoms with Gasteiger partial charge in [-0.1, -0.05) is 12.7 Å². The van der Waals surface area contributed by atoms with E-state index >= 15 is 0 Å². The molecule has 0 aliphatic heterocycles. The number of carbonyl (C=O) groups excluding carboxylic acids is 2. The summed E-state index contributed by atoms with van der Waals surface area (Å²) in [6, 6.07) is -0.531. The van der Waals surface area contributed by atoms with Crippen molar-refractivity contribution in [2.45, 2.75) is 13.3 Å². The number of rotatable bonds is 6. The first-order chi connectivity index (χ1) is 7.70. The van der Waals surface area contributed by atoms with Crippen molar-refractivity contribution >= 4 is 12.1 Å². The maximum absolute atomic E-state index is 10.9. The summed E-state index contributed by atoms with van der Waals surface area (Å²) in [5, 5.41) is 10.1. The first-order valence-electron chi connectivity index (χ1n) is 5.05. The summed E-state index contributed by atoms with van der Waals surface area (Å²) < 4.78 is 0. The smallest absolute Gasteiger partial charge is 0.322 e. The normalized spacial score (nSPS) is 9.56. The van der Waals surface area contributed by atoms with Gasteiger partial charge in [0.25, 0.3) is 0 Å². The van der Waals surface area contributed by atoms with Crippen molar-refractivity contribution in [3.8, 4) is 0 Å². The lowest BCUT2D eigenvalue weighted by Crippen LogP contribution is -2.35. The van der Waals surface area contributed by atoms with Crippen LogP contribution >= 0.6 is 0 Å². The van der Waals surface area contributed by atoms with Crippen LogP contribution in [0.3, 0.4) is 0 Å². The van der Waals surface area contributed by atoms with Gasteiger partial charge < -0.3 is 21.3 Å². The zero-order valence-corrected chi connectivity index (χ0v) is 9.38. The Morgan fingerprint density at radius 2 is 1.94 bits per heavy atom. The van der Waals surface area contributed by atoms with E-state index in [9.17, 15) is 9.59 Å². The fourth-order valence-electron chi connectivity index (χ4n) is 0.844. The van der Waals surface area contributed by atoms with Crippen LogP contribution < -0.4 is 21.3 Å². The van der Waals surface area contributed by atoms with Crippen LogP contribution in [0.4, 0.5) is 9.59 Å². The van der Waals surface area contributed by atoms with Gasteiger partial charge in [-0.05, 0) is 19.5 Å². The molecule has 0 bridgehead atoms. The van der Waals surface area contributed by atoms with Crippen LogP contribution in [0.25, 0.3) is 0 Å². The number of amides is 4. The third-order valence-electron chi connectivity index (χ3n) is 1.50. The molecule has 0 spiro atoms. The lowest BCUT2D eigenvalue weighted by Gasteiger charge is -2.03. The maximum Gasteiger partial charge on any atom is 0.322 e. The molecule has 90 valence electrons. The van der Waals surface area contributed by atoms with E-state index < -0.39 is 0 Å². The van der Waals surface area contributed by atoms with Gasteiger partial charge in [0, 0.05) is 19.3 Å².